The van der Waals surface area contributed by atoms with Gasteiger partial charge in [0.25, 0.3) is 5.56 Å². The third-order valence-electron chi connectivity index (χ3n) is 3.65. The second kappa shape index (κ2) is 4.33. The summed E-state index contributed by atoms with van der Waals surface area (Å²) in [5.41, 5.74) is 0.681. The van der Waals surface area contributed by atoms with E-state index in [0.29, 0.717) is 23.1 Å². The lowest BCUT2D eigenvalue weighted by atomic mass is 10.0. The summed E-state index contributed by atoms with van der Waals surface area (Å²) >= 11 is 5.94. The van der Waals surface area contributed by atoms with Crippen molar-refractivity contribution in [1.82, 2.24) is 10.2 Å². The van der Waals surface area contributed by atoms with E-state index in [1.807, 2.05) is 0 Å². The van der Waals surface area contributed by atoms with E-state index in [0.717, 1.165) is 6.42 Å². The molecule has 17 heavy (non-hydrogen) atoms. The number of nitrogens with one attached hydrogen (secondary N) is 2. The van der Waals surface area contributed by atoms with Gasteiger partial charge in [-0.25, -0.2) is 5.10 Å². The van der Waals surface area contributed by atoms with Crippen molar-refractivity contribution < 1.29 is 0 Å². The minimum absolute atomic E-state index is 0.192. The highest BCUT2D eigenvalue weighted by Crippen LogP contribution is 2.54. The molecule has 1 saturated carbocycles. The lowest BCUT2D eigenvalue weighted by Gasteiger charge is -2.20. The first-order valence-electron chi connectivity index (χ1n) is 5.95. The summed E-state index contributed by atoms with van der Waals surface area (Å²) in [6, 6.07) is 0.353. The molecule has 0 aliphatic heterocycles. The van der Waals surface area contributed by atoms with Gasteiger partial charge in [0.15, 0.2) is 0 Å². The predicted octanol–water partition coefficient (Wildman–Crippen LogP) is 2.66. The lowest BCUT2D eigenvalue weighted by Crippen LogP contribution is -2.25. The van der Waals surface area contributed by atoms with E-state index in [1.54, 1.807) is 6.20 Å². The molecule has 2 rings (SSSR count). The number of aromatic nitrogens is 2. The minimum Gasteiger partial charge on any atom is -0.379 e. The maximum atomic E-state index is 11.3. The number of H-pyrrole nitrogens is 1. The Bertz CT molecular complexity index is 469. The van der Waals surface area contributed by atoms with E-state index >= 15 is 0 Å². The van der Waals surface area contributed by atoms with Crippen LogP contribution in [0.25, 0.3) is 0 Å². The van der Waals surface area contributed by atoms with Gasteiger partial charge in [-0.1, -0.05) is 32.4 Å². The normalized spacial score (nSPS) is 23.2. The SMILES string of the molecule is CCC(Nc1cn[nH]c(=O)c1Cl)C1CC1(C)C. The molecule has 1 aliphatic rings. The molecule has 2 N–H and O–H groups in total. The van der Waals surface area contributed by atoms with Gasteiger partial charge < -0.3 is 5.32 Å². The van der Waals surface area contributed by atoms with Crippen molar-refractivity contribution in [2.24, 2.45) is 11.3 Å². The van der Waals surface area contributed by atoms with Gasteiger partial charge in [0.2, 0.25) is 0 Å². The Kier molecular flexibility index (Phi) is 3.17. The van der Waals surface area contributed by atoms with Crippen LogP contribution in [0.3, 0.4) is 0 Å². The fraction of sp³-hybridized carbons (Fsp3) is 0.667. The van der Waals surface area contributed by atoms with Crippen LogP contribution in [0.5, 0.6) is 0 Å². The largest absolute Gasteiger partial charge is 0.379 e. The molecule has 94 valence electrons. The summed E-state index contributed by atoms with van der Waals surface area (Å²) in [4.78, 5) is 11.3. The van der Waals surface area contributed by atoms with Crippen LogP contribution in [-0.2, 0) is 0 Å². The van der Waals surface area contributed by atoms with E-state index < -0.39 is 0 Å². The Morgan fingerprint density at radius 1 is 1.71 bits per heavy atom. The van der Waals surface area contributed by atoms with E-state index in [2.05, 4.69) is 36.3 Å². The van der Waals surface area contributed by atoms with Gasteiger partial charge in [-0.15, -0.1) is 0 Å². The molecule has 4 nitrogen and oxygen atoms in total. The molecule has 0 radical (unpaired) electrons. The molecule has 5 heteroatoms. The molecule has 0 amide bonds. The molecule has 0 spiro atoms. The van der Waals surface area contributed by atoms with Crippen LogP contribution >= 0.6 is 11.6 Å². The first-order chi connectivity index (χ1) is 7.95. The maximum absolute atomic E-state index is 11.3. The highest BCUT2D eigenvalue weighted by molar-refractivity contribution is 6.32. The third kappa shape index (κ3) is 2.46. The molecule has 0 aromatic carbocycles. The predicted molar refractivity (Wildman–Crippen MR) is 69.5 cm³/mol. The van der Waals surface area contributed by atoms with Crippen molar-refractivity contribution in [2.45, 2.75) is 39.7 Å². The number of aromatic amines is 1. The Morgan fingerprint density at radius 3 is 2.88 bits per heavy atom. The van der Waals surface area contributed by atoms with Crippen LogP contribution in [0.4, 0.5) is 5.69 Å². The topological polar surface area (TPSA) is 57.8 Å². The van der Waals surface area contributed by atoms with Gasteiger partial charge in [0.05, 0.1) is 11.9 Å². The average molecular weight is 256 g/mol. The highest BCUT2D eigenvalue weighted by Gasteiger charge is 2.49. The quantitative estimate of drug-likeness (QED) is 0.870. The zero-order valence-electron chi connectivity index (χ0n) is 10.4. The molecule has 1 aromatic heterocycles. The van der Waals surface area contributed by atoms with Crippen LogP contribution < -0.4 is 10.9 Å². The van der Waals surface area contributed by atoms with Crippen molar-refractivity contribution in [3.8, 4) is 0 Å². The summed E-state index contributed by atoms with van der Waals surface area (Å²) in [5, 5.41) is 9.61. The van der Waals surface area contributed by atoms with Crippen molar-refractivity contribution in [3.63, 3.8) is 0 Å². The molecule has 1 fully saturated rings. The maximum Gasteiger partial charge on any atom is 0.285 e. The van der Waals surface area contributed by atoms with Gasteiger partial charge in [-0.2, -0.15) is 5.10 Å². The number of nitrogens with zero attached hydrogens (tertiary/aromatic N) is 1. The minimum atomic E-state index is -0.346. The van der Waals surface area contributed by atoms with E-state index in [9.17, 15) is 4.79 Å². The molecule has 1 heterocycles. The summed E-state index contributed by atoms with van der Waals surface area (Å²) in [7, 11) is 0. The van der Waals surface area contributed by atoms with Gasteiger partial charge in [-0.3, -0.25) is 4.79 Å². The second-order valence-corrected chi connectivity index (χ2v) is 5.76. The molecule has 2 unspecified atom stereocenters. The lowest BCUT2D eigenvalue weighted by molar-refractivity contribution is 0.490. The average Bonchev–Trinajstić information content (AvgIpc) is 2.90. The van der Waals surface area contributed by atoms with E-state index in [4.69, 9.17) is 11.6 Å². The Hall–Kier alpha value is -1.03. The Morgan fingerprint density at radius 2 is 2.35 bits per heavy atom. The Labute approximate surface area is 106 Å². The molecule has 1 aromatic rings. The summed E-state index contributed by atoms with van der Waals surface area (Å²) < 4.78 is 0. The fourth-order valence-corrected chi connectivity index (χ4v) is 2.51. The molecule has 0 bridgehead atoms. The van der Waals surface area contributed by atoms with Crippen molar-refractivity contribution >= 4 is 17.3 Å². The van der Waals surface area contributed by atoms with E-state index in [-0.39, 0.29) is 10.6 Å². The number of rotatable bonds is 4. The van der Waals surface area contributed by atoms with Gasteiger partial charge in [0.1, 0.15) is 5.02 Å². The van der Waals surface area contributed by atoms with E-state index in [1.165, 1.54) is 6.42 Å². The van der Waals surface area contributed by atoms with Crippen molar-refractivity contribution in [1.29, 1.82) is 0 Å². The molecule has 2 atom stereocenters. The Balaban J connectivity index is 2.14. The number of halogens is 1. The molecular formula is C12H18ClN3O. The van der Waals surface area contributed by atoms with Gasteiger partial charge in [-0.05, 0) is 24.2 Å². The zero-order valence-corrected chi connectivity index (χ0v) is 11.1. The fourth-order valence-electron chi connectivity index (χ4n) is 2.37. The number of hydrogen-bond acceptors (Lipinski definition) is 3. The smallest absolute Gasteiger partial charge is 0.285 e. The van der Waals surface area contributed by atoms with Crippen LogP contribution in [0, 0.1) is 11.3 Å². The number of anilines is 1. The van der Waals surface area contributed by atoms with Gasteiger partial charge >= 0.3 is 0 Å². The van der Waals surface area contributed by atoms with Crippen LogP contribution in [0.15, 0.2) is 11.0 Å². The first kappa shape index (κ1) is 12.4. The van der Waals surface area contributed by atoms with Crippen LogP contribution in [0.1, 0.15) is 33.6 Å². The van der Waals surface area contributed by atoms with Crippen LogP contribution in [0.2, 0.25) is 5.02 Å². The van der Waals surface area contributed by atoms with Gasteiger partial charge in [0, 0.05) is 6.04 Å². The zero-order chi connectivity index (χ0) is 12.6. The summed E-state index contributed by atoms with van der Waals surface area (Å²) in [5.74, 6) is 0.642. The molecule has 1 aliphatic carbocycles. The highest BCUT2D eigenvalue weighted by atomic mass is 35.5. The monoisotopic (exact) mass is 255 g/mol. The summed E-state index contributed by atoms with van der Waals surface area (Å²) in [6.07, 6.45) is 3.80. The van der Waals surface area contributed by atoms with Crippen molar-refractivity contribution in [3.05, 3.63) is 21.6 Å². The third-order valence-corrected chi connectivity index (χ3v) is 4.03. The standard InChI is InChI=1S/C12H18ClN3O/c1-4-8(7-5-12(7,2)3)15-9-6-14-16-11(17)10(9)13/h6-8H,4-5H2,1-3H3,(H2,15,16,17). The second-order valence-electron chi connectivity index (χ2n) is 5.39. The molecular weight excluding hydrogens is 238 g/mol. The molecule has 0 saturated heterocycles. The first-order valence-corrected chi connectivity index (χ1v) is 6.33. The van der Waals surface area contributed by atoms with Crippen LogP contribution in [-0.4, -0.2) is 16.2 Å². The van der Waals surface area contributed by atoms with Crippen molar-refractivity contribution in [2.75, 3.05) is 5.32 Å². The summed E-state index contributed by atoms with van der Waals surface area (Å²) in [6.45, 7) is 6.67. The number of hydrogen-bond donors (Lipinski definition) is 2.